The molecule has 2 atom stereocenters. The van der Waals surface area contributed by atoms with Crippen molar-refractivity contribution in [2.24, 2.45) is 0 Å². The zero-order chi connectivity index (χ0) is 12.1. The molecule has 16 heavy (non-hydrogen) atoms. The molecule has 0 aromatic heterocycles. The lowest BCUT2D eigenvalue weighted by atomic mass is 10.1. The van der Waals surface area contributed by atoms with Crippen LogP contribution in [0.1, 0.15) is 45.8 Å². The summed E-state index contributed by atoms with van der Waals surface area (Å²) in [4.78, 5) is 2.35. The molecule has 0 heterocycles. The number of nitrogens with zero attached hydrogens (tertiary/aromatic N) is 1. The Morgan fingerprint density at radius 3 is 2.31 bits per heavy atom. The van der Waals surface area contributed by atoms with Crippen molar-refractivity contribution in [2.75, 3.05) is 11.4 Å². The highest BCUT2D eigenvalue weighted by molar-refractivity contribution is 5.55. The van der Waals surface area contributed by atoms with Crippen LogP contribution in [-0.2, 0) is 0 Å². The Labute approximate surface area is 98.9 Å². The molecule has 0 saturated carbocycles. The average Bonchev–Trinajstić information content (AvgIpc) is 2.30. The predicted octanol–water partition coefficient (Wildman–Crippen LogP) is 3.36. The summed E-state index contributed by atoms with van der Waals surface area (Å²) in [7, 11) is 0. The summed E-state index contributed by atoms with van der Waals surface area (Å²) in [6, 6.07) is 8.62. The Bertz CT molecular complexity index is 322. The Balaban J connectivity index is 3.09. The fourth-order valence-corrected chi connectivity index (χ4v) is 2.04. The normalized spacial score (nSPS) is 14.6. The minimum absolute atomic E-state index is 0.408. The molecule has 2 nitrogen and oxygen atoms in total. The van der Waals surface area contributed by atoms with Crippen LogP contribution in [0, 0.1) is 0 Å². The van der Waals surface area contributed by atoms with Crippen molar-refractivity contribution in [1.82, 2.24) is 0 Å². The molecular formula is C14H23NO. The van der Waals surface area contributed by atoms with E-state index >= 15 is 0 Å². The summed E-state index contributed by atoms with van der Waals surface area (Å²) in [6.07, 6.45) is 0.705. The molecule has 0 aliphatic heterocycles. The Kier molecular flexibility index (Phi) is 4.81. The van der Waals surface area contributed by atoms with Crippen LogP contribution in [0.15, 0.2) is 24.3 Å². The summed E-state index contributed by atoms with van der Waals surface area (Å²) in [5.74, 6) is 0. The standard InChI is InChI=1S/C14H23NO/c1-5-11(3)15(6-2)14-10-8-7-9-13(14)12(4)16/h7-12,16H,5-6H2,1-4H3. The van der Waals surface area contributed by atoms with Gasteiger partial charge < -0.3 is 10.0 Å². The van der Waals surface area contributed by atoms with Gasteiger partial charge in [0.1, 0.15) is 0 Å². The lowest BCUT2D eigenvalue weighted by Crippen LogP contribution is -2.33. The highest BCUT2D eigenvalue weighted by atomic mass is 16.3. The van der Waals surface area contributed by atoms with Gasteiger partial charge in [0.25, 0.3) is 0 Å². The van der Waals surface area contributed by atoms with Crippen molar-refractivity contribution < 1.29 is 5.11 Å². The quantitative estimate of drug-likeness (QED) is 0.824. The molecule has 0 radical (unpaired) electrons. The highest BCUT2D eigenvalue weighted by Gasteiger charge is 2.16. The van der Waals surface area contributed by atoms with Crippen molar-refractivity contribution in [3.63, 3.8) is 0 Å². The number of aliphatic hydroxyl groups excluding tert-OH is 1. The molecule has 2 heteroatoms. The van der Waals surface area contributed by atoms with Crippen LogP contribution in [0.25, 0.3) is 0 Å². The number of hydrogen-bond acceptors (Lipinski definition) is 2. The summed E-state index contributed by atoms with van der Waals surface area (Å²) >= 11 is 0. The van der Waals surface area contributed by atoms with Crippen molar-refractivity contribution >= 4 is 5.69 Å². The van der Waals surface area contributed by atoms with Gasteiger partial charge in [-0.15, -0.1) is 0 Å². The molecule has 1 N–H and O–H groups in total. The van der Waals surface area contributed by atoms with Crippen LogP contribution >= 0.6 is 0 Å². The Morgan fingerprint density at radius 1 is 1.19 bits per heavy atom. The van der Waals surface area contributed by atoms with E-state index in [1.165, 1.54) is 0 Å². The summed E-state index contributed by atoms with van der Waals surface area (Å²) in [5.41, 5.74) is 2.18. The number of aliphatic hydroxyl groups is 1. The molecule has 1 aromatic carbocycles. The van der Waals surface area contributed by atoms with Crippen molar-refractivity contribution in [3.8, 4) is 0 Å². The third-order valence-electron chi connectivity index (χ3n) is 3.16. The lowest BCUT2D eigenvalue weighted by molar-refractivity contribution is 0.199. The topological polar surface area (TPSA) is 23.5 Å². The van der Waals surface area contributed by atoms with Crippen molar-refractivity contribution in [1.29, 1.82) is 0 Å². The number of rotatable bonds is 5. The van der Waals surface area contributed by atoms with Gasteiger partial charge in [0, 0.05) is 23.8 Å². The maximum absolute atomic E-state index is 9.78. The van der Waals surface area contributed by atoms with E-state index in [9.17, 15) is 5.11 Å². The Morgan fingerprint density at radius 2 is 1.81 bits per heavy atom. The minimum atomic E-state index is -0.408. The zero-order valence-electron chi connectivity index (χ0n) is 10.8. The first-order valence-electron chi connectivity index (χ1n) is 6.15. The van der Waals surface area contributed by atoms with Crippen LogP contribution < -0.4 is 4.90 Å². The summed E-state index contributed by atoms with van der Waals surface area (Å²) < 4.78 is 0. The molecule has 0 aliphatic rings. The fourth-order valence-electron chi connectivity index (χ4n) is 2.04. The second-order valence-corrected chi connectivity index (χ2v) is 4.28. The van der Waals surface area contributed by atoms with Gasteiger partial charge in [-0.1, -0.05) is 25.1 Å². The number of anilines is 1. The van der Waals surface area contributed by atoms with Crippen LogP contribution in [0.4, 0.5) is 5.69 Å². The third kappa shape index (κ3) is 2.76. The minimum Gasteiger partial charge on any atom is -0.389 e. The molecular weight excluding hydrogens is 198 g/mol. The summed E-state index contributed by atoms with van der Waals surface area (Å²) in [5, 5.41) is 9.78. The van der Waals surface area contributed by atoms with E-state index in [1.54, 1.807) is 0 Å². The van der Waals surface area contributed by atoms with E-state index in [0.717, 1.165) is 24.2 Å². The third-order valence-corrected chi connectivity index (χ3v) is 3.16. The van der Waals surface area contributed by atoms with Gasteiger partial charge in [0.15, 0.2) is 0 Å². The summed E-state index contributed by atoms with van der Waals surface area (Å²) in [6.45, 7) is 9.37. The van der Waals surface area contributed by atoms with Gasteiger partial charge in [-0.05, 0) is 33.3 Å². The van der Waals surface area contributed by atoms with Gasteiger partial charge in [0.2, 0.25) is 0 Å². The van der Waals surface area contributed by atoms with E-state index in [2.05, 4.69) is 31.7 Å². The van der Waals surface area contributed by atoms with E-state index in [0.29, 0.717) is 6.04 Å². The molecule has 90 valence electrons. The zero-order valence-corrected chi connectivity index (χ0v) is 10.8. The number of hydrogen-bond donors (Lipinski definition) is 1. The van der Waals surface area contributed by atoms with Crippen molar-refractivity contribution in [2.45, 2.75) is 46.3 Å². The number of para-hydroxylation sites is 1. The largest absolute Gasteiger partial charge is 0.389 e. The number of benzene rings is 1. The van der Waals surface area contributed by atoms with Crippen LogP contribution in [0.3, 0.4) is 0 Å². The predicted molar refractivity (Wildman–Crippen MR) is 69.8 cm³/mol. The maximum atomic E-state index is 9.78. The van der Waals surface area contributed by atoms with E-state index < -0.39 is 6.10 Å². The first-order valence-corrected chi connectivity index (χ1v) is 6.15. The molecule has 2 unspecified atom stereocenters. The first-order chi connectivity index (χ1) is 7.61. The SMILES string of the molecule is CCC(C)N(CC)c1ccccc1C(C)O. The molecule has 0 bridgehead atoms. The van der Waals surface area contributed by atoms with Gasteiger partial charge in [-0.25, -0.2) is 0 Å². The van der Waals surface area contributed by atoms with Gasteiger partial charge in [-0.3, -0.25) is 0 Å². The van der Waals surface area contributed by atoms with E-state index in [-0.39, 0.29) is 0 Å². The fraction of sp³-hybridized carbons (Fsp3) is 0.571. The van der Waals surface area contributed by atoms with Gasteiger partial charge in [-0.2, -0.15) is 0 Å². The lowest BCUT2D eigenvalue weighted by Gasteiger charge is -2.32. The molecule has 0 amide bonds. The average molecular weight is 221 g/mol. The van der Waals surface area contributed by atoms with Crippen LogP contribution in [0.5, 0.6) is 0 Å². The van der Waals surface area contributed by atoms with Crippen LogP contribution in [0.2, 0.25) is 0 Å². The van der Waals surface area contributed by atoms with Crippen molar-refractivity contribution in [3.05, 3.63) is 29.8 Å². The maximum Gasteiger partial charge on any atom is 0.0781 e. The van der Waals surface area contributed by atoms with Gasteiger partial charge in [0.05, 0.1) is 6.10 Å². The van der Waals surface area contributed by atoms with E-state index in [4.69, 9.17) is 0 Å². The van der Waals surface area contributed by atoms with Crippen LogP contribution in [-0.4, -0.2) is 17.7 Å². The molecule has 0 fully saturated rings. The molecule has 0 saturated heterocycles. The molecule has 0 spiro atoms. The van der Waals surface area contributed by atoms with Gasteiger partial charge >= 0.3 is 0 Å². The molecule has 1 aromatic rings. The second-order valence-electron chi connectivity index (χ2n) is 4.28. The second kappa shape index (κ2) is 5.90. The highest BCUT2D eigenvalue weighted by Crippen LogP contribution is 2.27. The molecule has 1 rings (SSSR count). The smallest absolute Gasteiger partial charge is 0.0781 e. The van der Waals surface area contributed by atoms with E-state index in [1.807, 2.05) is 25.1 Å². The molecule has 0 aliphatic carbocycles. The Hall–Kier alpha value is -1.02. The monoisotopic (exact) mass is 221 g/mol. The first kappa shape index (κ1) is 13.0.